The summed E-state index contributed by atoms with van der Waals surface area (Å²) in [6.45, 7) is 7.39. The Morgan fingerprint density at radius 1 is 1.00 bits per heavy atom. The Kier molecular flexibility index (Phi) is 15.3. The predicted octanol–water partition coefficient (Wildman–Crippen LogP) is 1.16. The van der Waals surface area contributed by atoms with Crippen LogP contribution >= 0.6 is 0 Å². The van der Waals surface area contributed by atoms with Crippen LogP contribution in [0.3, 0.4) is 0 Å². The quantitative estimate of drug-likeness (QED) is 0.221. The van der Waals surface area contributed by atoms with Gasteiger partial charge in [0.05, 0.1) is 11.5 Å². The van der Waals surface area contributed by atoms with Gasteiger partial charge in [-0.25, -0.2) is 9.59 Å². The van der Waals surface area contributed by atoms with Gasteiger partial charge in [0.1, 0.15) is 0 Å². The highest BCUT2D eigenvalue weighted by molar-refractivity contribution is 6.27. The van der Waals surface area contributed by atoms with Gasteiger partial charge >= 0.3 is 11.9 Å². The molecule has 0 radical (unpaired) electrons. The Labute approximate surface area is 209 Å². The zero-order chi connectivity index (χ0) is 26.4. The number of hydrogen-bond donors (Lipinski definition) is 3. The first kappa shape index (κ1) is 32.4. The highest BCUT2D eigenvalue weighted by Gasteiger charge is 2.22. The molecule has 1 saturated carbocycles. The molecule has 2 rings (SSSR count). The van der Waals surface area contributed by atoms with Gasteiger partial charge < -0.3 is 30.8 Å². The van der Waals surface area contributed by atoms with Crippen LogP contribution in [0.25, 0.3) is 0 Å². The van der Waals surface area contributed by atoms with Gasteiger partial charge in [0, 0.05) is 30.3 Å². The lowest BCUT2D eigenvalue weighted by Crippen LogP contribution is -2.44. The molecule has 1 aromatic rings. The van der Waals surface area contributed by atoms with Crippen LogP contribution in [0, 0.1) is 10.1 Å². The van der Waals surface area contributed by atoms with Crippen molar-refractivity contribution in [3.05, 3.63) is 39.9 Å². The maximum atomic E-state index is 13.0. The number of carboxylic acids is 2. The predicted molar refractivity (Wildman–Crippen MR) is 131 cm³/mol. The fourth-order valence-corrected chi connectivity index (χ4v) is 3.70. The van der Waals surface area contributed by atoms with Gasteiger partial charge in [-0.15, -0.1) is 0 Å². The third-order valence-electron chi connectivity index (χ3n) is 5.65. The van der Waals surface area contributed by atoms with Crippen LogP contribution in [0.1, 0.15) is 56.3 Å². The summed E-state index contributed by atoms with van der Waals surface area (Å²) in [5.74, 6) is -4.07. The Balaban J connectivity index is 0.00000156. The van der Waals surface area contributed by atoms with Gasteiger partial charge in [-0.2, -0.15) is 0 Å². The lowest BCUT2D eigenvalue weighted by molar-refractivity contribution is -0.384. The second kappa shape index (κ2) is 16.9. The molecule has 36 heavy (non-hydrogen) atoms. The van der Waals surface area contributed by atoms with Crippen molar-refractivity contribution in [1.29, 1.82) is 0 Å². The largest absolute Gasteiger partial charge is 0.473 e. The monoisotopic (exact) mass is 512 g/mol. The normalized spacial score (nSPS) is 12.6. The number of aliphatic carboxylic acids is 2. The Morgan fingerprint density at radius 2 is 1.53 bits per heavy atom. The molecule has 0 unspecified atom stereocenters. The molecule has 202 valence electrons. The summed E-state index contributed by atoms with van der Waals surface area (Å²) >= 11 is 0. The summed E-state index contributed by atoms with van der Waals surface area (Å²) in [5, 5.41) is 28.7. The molecule has 0 atom stereocenters. The van der Waals surface area contributed by atoms with E-state index in [1.807, 2.05) is 0 Å². The molecule has 0 aliphatic heterocycles. The first-order valence-electron chi connectivity index (χ1n) is 11.6. The zero-order valence-electron chi connectivity index (χ0n) is 20.6. The summed E-state index contributed by atoms with van der Waals surface area (Å²) in [6.07, 6.45) is 4.99. The van der Waals surface area contributed by atoms with Gasteiger partial charge in [0.2, 0.25) is 5.91 Å². The van der Waals surface area contributed by atoms with Crippen LogP contribution in [0.15, 0.2) is 24.3 Å². The standard InChI is InChI=1S/C21H32N4O4.C2H2O4.H2O/c1-3-23(4-2)14-7-15-24(16-20(26)22-18-8-5-6-9-18)21(27)17-10-12-19(13-11-17)25(28)29;3-1(4)2(5)6;/h10-13,18H,3-9,14-16H2,1-2H3,(H,22,26);(H,3,4)(H,5,6);1H2. The molecule has 1 fully saturated rings. The van der Waals surface area contributed by atoms with Crippen molar-refractivity contribution in [3.8, 4) is 0 Å². The van der Waals surface area contributed by atoms with Crippen molar-refractivity contribution >= 4 is 29.4 Å². The molecule has 0 aromatic heterocycles. The molecule has 5 N–H and O–H groups in total. The summed E-state index contributed by atoms with van der Waals surface area (Å²) in [6, 6.07) is 5.74. The van der Waals surface area contributed by atoms with Crippen LogP contribution in [0.2, 0.25) is 0 Å². The molecule has 0 saturated heterocycles. The Bertz CT molecular complexity index is 855. The van der Waals surface area contributed by atoms with Crippen LogP contribution < -0.4 is 5.32 Å². The fraction of sp³-hybridized carbons (Fsp3) is 0.565. The van der Waals surface area contributed by atoms with E-state index in [4.69, 9.17) is 19.8 Å². The van der Waals surface area contributed by atoms with E-state index < -0.39 is 16.9 Å². The number of rotatable bonds is 11. The highest BCUT2D eigenvalue weighted by atomic mass is 16.6. The number of benzene rings is 1. The number of amides is 2. The molecule has 0 spiro atoms. The highest BCUT2D eigenvalue weighted by Crippen LogP contribution is 2.18. The molecule has 0 heterocycles. The van der Waals surface area contributed by atoms with Gasteiger partial charge in [0.15, 0.2) is 0 Å². The lowest BCUT2D eigenvalue weighted by Gasteiger charge is -2.25. The van der Waals surface area contributed by atoms with Gasteiger partial charge in [0.25, 0.3) is 11.6 Å². The van der Waals surface area contributed by atoms with E-state index in [0.29, 0.717) is 12.1 Å². The lowest BCUT2D eigenvalue weighted by atomic mass is 10.1. The smallest absolute Gasteiger partial charge is 0.414 e. The van der Waals surface area contributed by atoms with E-state index in [2.05, 4.69) is 24.1 Å². The molecule has 13 heteroatoms. The van der Waals surface area contributed by atoms with Crippen molar-refractivity contribution in [2.24, 2.45) is 0 Å². The minimum atomic E-state index is -1.82. The van der Waals surface area contributed by atoms with Crippen molar-refractivity contribution in [3.63, 3.8) is 0 Å². The second-order valence-electron chi connectivity index (χ2n) is 8.07. The van der Waals surface area contributed by atoms with E-state index in [0.717, 1.165) is 51.7 Å². The van der Waals surface area contributed by atoms with E-state index in [1.165, 1.54) is 24.3 Å². The van der Waals surface area contributed by atoms with Crippen LogP contribution in [-0.4, -0.2) is 92.9 Å². The molecule has 1 aromatic carbocycles. The zero-order valence-corrected chi connectivity index (χ0v) is 20.6. The van der Waals surface area contributed by atoms with Crippen molar-refractivity contribution in [2.45, 2.75) is 52.0 Å². The van der Waals surface area contributed by atoms with E-state index in [-0.39, 0.29) is 35.6 Å². The maximum absolute atomic E-state index is 13.0. The molecule has 2 amide bonds. The van der Waals surface area contributed by atoms with Gasteiger partial charge in [-0.3, -0.25) is 19.7 Å². The van der Waals surface area contributed by atoms with Crippen molar-refractivity contribution < 1.29 is 39.8 Å². The summed E-state index contributed by atoms with van der Waals surface area (Å²) in [4.78, 5) is 57.8. The number of non-ortho nitro benzene ring substituents is 1. The van der Waals surface area contributed by atoms with E-state index in [1.54, 1.807) is 4.90 Å². The number of nitro groups is 1. The Morgan fingerprint density at radius 3 is 1.97 bits per heavy atom. The average Bonchev–Trinajstić information content (AvgIpc) is 3.34. The minimum absolute atomic E-state index is 0. The van der Waals surface area contributed by atoms with Gasteiger partial charge in [-0.1, -0.05) is 26.7 Å². The first-order valence-corrected chi connectivity index (χ1v) is 11.6. The number of nitrogens with one attached hydrogen (secondary N) is 1. The third kappa shape index (κ3) is 11.7. The van der Waals surface area contributed by atoms with E-state index >= 15 is 0 Å². The molecule has 13 nitrogen and oxygen atoms in total. The molecule has 0 bridgehead atoms. The molecule has 1 aliphatic carbocycles. The topological polar surface area (TPSA) is 202 Å². The van der Waals surface area contributed by atoms with Crippen LogP contribution in [-0.2, 0) is 14.4 Å². The number of nitro benzene ring substituents is 1. The van der Waals surface area contributed by atoms with E-state index in [9.17, 15) is 19.7 Å². The van der Waals surface area contributed by atoms with Crippen molar-refractivity contribution in [2.75, 3.05) is 32.7 Å². The summed E-state index contributed by atoms with van der Waals surface area (Å²) in [7, 11) is 0. The average molecular weight is 513 g/mol. The SMILES string of the molecule is CCN(CC)CCCN(CC(=O)NC1CCCC1)C(=O)c1ccc([N+](=O)[O-])cc1.O.O=C(O)C(=O)O. The number of carbonyl (C=O) groups excluding carboxylic acids is 2. The summed E-state index contributed by atoms with van der Waals surface area (Å²) in [5.41, 5.74) is 0.292. The molecule has 1 aliphatic rings. The van der Waals surface area contributed by atoms with Crippen LogP contribution in [0.5, 0.6) is 0 Å². The number of carbonyl (C=O) groups is 4. The van der Waals surface area contributed by atoms with Crippen LogP contribution in [0.4, 0.5) is 5.69 Å². The number of hydrogen-bond acceptors (Lipinski definition) is 7. The second-order valence-corrected chi connectivity index (χ2v) is 8.07. The van der Waals surface area contributed by atoms with Crippen molar-refractivity contribution in [1.82, 2.24) is 15.1 Å². The number of nitrogens with zero attached hydrogens (tertiary/aromatic N) is 3. The minimum Gasteiger partial charge on any atom is -0.473 e. The van der Waals surface area contributed by atoms with Gasteiger partial charge in [-0.05, 0) is 51.0 Å². The third-order valence-corrected chi connectivity index (χ3v) is 5.65. The summed E-state index contributed by atoms with van der Waals surface area (Å²) < 4.78 is 0. The fourth-order valence-electron chi connectivity index (χ4n) is 3.70. The molecular weight excluding hydrogens is 476 g/mol. The molecular formula is C23H36N4O9. The first-order chi connectivity index (χ1) is 16.6. The Hall–Kier alpha value is -3.58. The maximum Gasteiger partial charge on any atom is 0.414 e. The number of carboxylic acid groups (broad SMARTS) is 2.